The number of allylic oxidation sites excluding steroid dienone is 1. The number of nitrogens with zero attached hydrogens (tertiary/aromatic N) is 4. The molecule has 3 aromatic rings. The predicted molar refractivity (Wildman–Crippen MR) is 142 cm³/mol. The number of benzene rings is 2. The molecule has 0 saturated carbocycles. The molecule has 4 aliphatic rings. The summed E-state index contributed by atoms with van der Waals surface area (Å²) in [6, 6.07) is 18.4. The summed E-state index contributed by atoms with van der Waals surface area (Å²) in [7, 11) is 1.69. The zero-order valence-electron chi connectivity index (χ0n) is 20.6. The molecule has 184 valence electrons. The predicted octanol–water partition coefficient (Wildman–Crippen LogP) is 5.34. The average molecular weight is 508 g/mol. The normalized spacial score (nSPS) is 25.5. The Morgan fingerprint density at radius 2 is 1.86 bits per heavy atom. The van der Waals surface area contributed by atoms with E-state index in [2.05, 4.69) is 22.9 Å². The van der Waals surface area contributed by atoms with Crippen LogP contribution in [0.4, 0.5) is 9.93 Å². The molecular weight excluding hydrogens is 482 g/mol. The lowest BCUT2D eigenvalue weighted by atomic mass is 9.47. The monoisotopic (exact) mass is 507 g/mol. The van der Waals surface area contributed by atoms with Gasteiger partial charge < -0.3 is 10.2 Å². The van der Waals surface area contributed by atoms with E-state index >= 15 is 0 Å². The van der Waals surface area contributed by atoms with Gasteiger partial charge in [-0.05, 0) is 41.7 Å². The fourth-order valence-corrected chi connectivity index (χ4v) is 6.86. The fourth-order valence-electron chi connectivity index (χ4n) is 6.16. The van der Waals surface area contributed by atoms with Gasteiger partial charge in [0.25, 0.3) is 0 Å². The summed E-state index contributed by atoms with van der Waals surface area (Å²) in [4.78, 5) is 34.1. The van der Waals surface area contributed by atoms with Gasteiger partial charge in [-0.1, -0.05) is 55.1 Å². The number of hydrogen-bond donors (Lipinski definition) is 1. The molecule has 7 nitrogen and oxygen atoms in total. The molecule has 8 heteroatoms. The quantitative estimate of drug-likeness (QED) is 0.516. The van der Waals surface area contributed by atoms with Crippen LogP contribution in [0.5, 0.6) is 0 Å². The van der Waals surface area contributed by atoms with Gasteiger partial charge in [0, 0.05) is 30.2 Å². The van der Waals surface area contributed by atoms with Crippen molar-refractivity contribution in [3.63, 3.8) is 0 Å². The Labute approximate surface area is 219 Å². The van der Waals surface area contributed by atoms with Crippen LogP contribution in [0.15, 0.2) is 78.5 Å². The number of hydrogen-bond acceptors (Lipinski definition) is 5. The number of amides is 3. The molecule has 1 atom stereocenters. The van der Waals surface area contributed by atoms with Crippen LogP contribution >= 0.6 is 11.3 Å². The maximum Gasteiger partial charge on any atom is 0.328 e. The van der Waals surface area contributed by atoms with E-state index in [0.717, 1.165) is 22.3 Å². The standard InChI is InChI=1S/C29H25N5O2S/c1-18-12-13-33(3)27(36)34(18)14-19-15-37-26(31-19)32-25(35)28(2)16-29(17-30)22-10-6-4-8-20(22)24(28)21-9-5-7-11-23(21)29/h4-13,15,24H,1,14,16H2,2-3H3,(H,31,32,35). The summed E-state index contributed by atoms with van der Waals surface area (Å²) in [5, 5.41) is 15.9. The minimum absolute atomic E-state index is 0.164. The Balaban J connectivity index is 1.31. The van der Waals surface area contributed by atoms with Crippen LogP contribution in [-0.4, -0.2) is 33.8 Å². The van der Waals surface area contributed by atoms with E-state index in [1.807, 2.05) is 60.8 Å². The van der Waals surface area contributed by atoms with Crippen LogP contribution in [0.25, 0.3) is 0 Å². The van der Waals surface area contributed by atoms with Gasteiger partial charge in [-0.2, -0.15) is 5.26 Å². The maximum absolute atomic E-state index is 14.0. The van der Waals surface area contributed by atoms with Crippen molar-refractivity contribution in [3.05, 3.63) is 106 Å². The first-order valence-electron chi connectivity index (χ1n) is 12.1. The smallest absolute Gasteiger partial charge is 0.304 e. The van der Waals surface area contributed by atoms with Crippen LogP contribution in [0, 0.1) is 16.7 Å². The maximum atomic E-state index is 14.0. The van der Waals surface area contributed by atoms with E-state index in [1.165, 1.54) is 16.2 Å². The fraction of sp³-hybridized carbons (Fsp3) is 0.241. The minimum Gasteiger partial charge on any atom is -0.304 e. The van der Waals surface area contributed by atoms with Crippen LogP contribution in [0.3, 0.4) is 0 Å². The third-order valence-electron chi connectivity index (χ3n) is 7.90. The molecule has 37 heavy (non-hydrogen) atoms. The van der Waals surface area contributed by atoms with Crippen molar-refractivity contribution < 1.29 is 9.59 Å². The van der Waals surface area contributed by atoms with Crippen LogP contribution in [0.1, 0.15) is 47.2 Å². The second kappa shape index (κ2) is 8.15. The number of carbonyl (C=O) groups is 2. The summed E-state index contributed by atoms with van der Waals surface area (Å²) in [6.45, 7) is 6.16. The third-order valence-corrected chi connectivity index (χ3v) is 8.71. The number of urea groups is 1. The molecule has 0 spiro atoms. The van der Waals surface area contributed by atoms with E-state index in [0.29, 0.717) is 22.9 Å². The lowest BCUT2D eigenvalue weighted by Gasteiger charge is -2.54. The number of aromatic nitrogens is 1. The van der Waals surface area contributed by atoms with Crippen LogP contribution in [-0.2, 0) is 16.8 Å². The van der Waals surface area contributed by atoms with Crippen molar-refractivity contribution in [3.8, 4) is 6.07 Å². The Morgan fingerprint density at radius 3 is 2.51 bits per heavy atom. The van der Waals surface area contributed by atoms with Gasteiger partial charge >= 0.3 is 6.03 Å². The Bertz CT molecular complexity index is 1500. The highest BCUT2D eigenvalue weighted by Gasteiger charge is 2.61. The topological polar surface area (TPSA) is 89.3 Å². The van der Waals surface area contributed by atoms with E-state index in [1.54, 1.807) is 24.2 Å². The van der Waals surface area contributed by atoms with E-state index in [4.69, 9.17) is 0 Å². The Hall–Kier alpha value is -4.22. The van der Waals surface area contributed by atoms with Crippen molar-refractivity contribution in [2.45, 2.75) is 31.2 Å². The molecule has 0 saturated heterocycles. The summed E-state index contributed by atoms with van der Waals surface area (Å²) < 4.78 is 0. The van der Waals surface area contributed by atoms with Crippen molar-refractivity contribution in [2.75, 3.05) is 12.4 Å². The number of nitriles is 1. The van der Waals surface area contributed by atoms with E-state index in [-0.39, 0.29) is 24.4 Å². The van der Waals surface area contributed by atoms with Gasteiger partial charge in [0.15, 0.2) is 5.13 Å². The SMILES string of the molecule is C=C1C=CN(C)C(=O)N1Cc1csc(NC(=O)C2(C)CC3(C#N)c4ccccc4C2c2ccccc23)n1. The van der Waals surface area contributed by atoms with E-state index < -0.39 is 10.8 Å². The molecule has 3 amide bonds. The highest BCUT2D eigenvalue weighted by Crippen LogP contribution is 2.63. The van der Waals surface area contributed by atoms with Gasteiger partial charge in [0.05, 0.1) is 23.7 Å². The molecule has 1 N–H and O–H groups in total. The van der Waals surface area contributed by atoms with Crippen molar-refractivity contribution >= 4 is 28.4 Å². The lowest BCUT2D eigenvalue weighted by Crippen LogP contribution is -2.53. The third kappa shape index (κ3) is 3.27. The van der Waals surface area contributed by atoms with Gasteiger partial charge in [0.2, 0.25) is 5.91 Å². The van der Waals surface area contributed by atoms with Gasteiger partial charge in [-0.3, -0.25) is 9.69 Å². The summed E-state index contributed by atoms with van der Waals surface area (Å²) >= 11 is 1.32. The van der Waals surface area contributed by atoms with Gasteiger partial charge in [-0.15, -0.1) is 11.3 Å². The number of anilines is 1. The van der Waals surface area contributed by atoms with Crippen LogP contribution in [0.2, 0.25) is 0 Å². The molecule has 2 bridgehead atoms. The molecule has 7 rings (SSSR count). The van der Waals surface area contributed by atoms with Gasteiger partial charge in [-0.25, -0.2) is 9.78 Å². The summed E-state index contributed by atoms with van der Waals surface area (Å²) in [5.41, 5.74) is 3.56. The molecule has 1 aromatic heterocycles. The van der Waals surface area contributed by atoms with E-state index in [9.17, 15) is 14.9 Å². The largest absolute Gasteiger partial charge is 0.328 e. The lowest BCUT2D eigenvalue weighted by molar-refractivity contribution is -0.127. The first-order valence-corrected chi connectivity index (χ1v) is 12.9. The second-order valence-electron chi connectivity index (χ2n) is 10.1. The first kappa shape index (κ1) is 23.2. The number of nitrogens with one attached hydrogen (secondary N) is 1. The van der Waals surface area contributed by atoms with Crippen molar-refractivity contribution in [1.29, 1.82) is 5.26 Å². The molecule has 0 fully saturated rings. The summed E-state index contributed by atoms with van der Waals surface area (Å²) in [5.74, 6) is -0.339. The zero-order chi connectivity index (χ0) is 25.9. The minimum atomic E-state index is -0.892. The zero-order valence-corrected chi connectivity index (χ0v) is 21.4. The number of fused-ring (bicyclic) bond motifs is 1. The highest BCUT2D eigenvalue weighted by molar-refractivity contribution is 7.13. The molecule has 2 heterocycles. The average Bonchev–Trinajstić information content (AvgIpc) is 3.35. The molecule has 1 unspecified atom stereocenters. The van der Waals surface area contributed by atoms with Crippen molar-refractivity contribution in [1.82, 2.24) is 14.8 Å². The number of carbonyl (C=O) groups excluding carboxylic acids is 2. The second-order valence-corrected chi connectivity index (χ2v) is 11.0. The molecule has 1 aliphatic heterocycles. The Kier molecular flexibility index (Phi) is 5.11. The molecule has 3 aliphatic carbocycles. The summed E-state index contributed by atoms with van der Waals surface area (Å²) in [6.07, 6.45) is 3.84. The van der Waals surface area contributed by atoms with Gasteiger partial charge in [0.1, 0.15) is 5.41 Å². The molecular formula is C29H25N5O2S. The Morgan fingerprint density at radius 1 is 1.22 bits per heavy atom. The molecule has 0 radical (unpaired) electrons. The number of rotatable bonds is 4. The molecule has 2 aromatic carbocycles. The first-order chi connectivity index (χ1) is 17.8. The highest BCUT2D eigenvalue weighted by atomic mass is 32.1. The van der Waals surface area contributed by atoms with Crippen LogP contribution < -0.4 is 5.32 Å². The number of thiazole rings is 1. The van der Waals surface area contributed by atoms with Crippen molar-refractivity contribution in [2.24, 2.45) is 5.41 Å².